The number of hydrogen-bond donors (Lipinski definition) is 4. The fourth-order valence-electron chi connectivity index (χ4n) is 15.0. The second kappa shape index (κ2) is 61.1. The van der Waals surface area contributed by atoms with Crippen molar-refractivity contribution >= 4 is 66.7 Å². The number of benzene rings is 8. The summed E-state index contributed by atoms with van der Waals surface area (Å²) in [6.07, 6.45) is 9.85. The molecule has 0 saturated carbocycles. The van der Waals surface area contributed by atoms with Crippen molar-refractivity contribution in [1.82, 2.24) is 19.9 Å². The third-order valence-corrected chi connectivity index (χ3v) is 21.7. The number of rotatable bonds is 24. The molecule has 0 spiro atoms. The average molecular weight is 2520 g/mol. The molecule has 0 amide bonds. The molecule has 16 heteroatoms. The van der Waals surface area contributed by atoms with Gasteiger partial charge in [-0.05, 0) is 150 Å². The third-order valence-electron chi connectivity index (χ3n) is 21.7. The van der Waals surface area contributed by atoms with Gasteiger partial charge in [-0.15, -0.1) is 140 Å². The molecule has 4 radical (unpaired) electrons. The molecule has 0 aliphatic rings. The molecule has 0 aliphatic heterocycles. The first-order valence-electron chi connectivity index (χ1n) is 46.6. The summed E-state index contributed by atoms with van der Waals surface area (Å²) in [4.78, 5) is 63.3. The average Bonchev–Trinajstić information content (AvgIpc) is 0.807. The van der Waals surface area contributed by atoms with E-state index in [2.05, 4.69) is 305 Å². The van der Waals surface area contributed by atoms with Crippen molar-refractivity contribution in [3.63, 3.8) is 0 Å². The van der Waals surface area contributed by atoms with E-state index < -0.39 is 0 Å². The Labute approximate surface area is 858 Å². The Morgan fingerprint density at radius 1 is 0.336 bits per heavy atom. The number of aryl methyl sites for hydroxylation is 8. The molecule has 4 N–H and O–H groups in total. The Morgan fingerprint density at radius 3 is 0.933 bits per heavy atom. The Kier molecular flexibility index (Phi) is 56.0. The van der Waals surface area contributed by atoms with E-state index in [-0.39, 0.29) is 150 Å². The monoisotopic (exact) mass is 2520 g/mol. The summed E-state index contributed by atoms with van der Waals surface area (Å²) in [6.45, 7) is 60.8. The number of aromatic nitrogens is 4. The van der Waals surface area contributed by atoms with Gasteiger partial charge in [-0.1, -0.05) is 291 Å². The van der Waals surface area contributed by atoms with E-state index in [4.69, 9.17) is 25.0 Å². The molecule has 0 unspecified atom stereocenters. The fraction of sp³-hybridized carbons (Fsp3) is 0.390. The van der Waals surface area contributed by atoms with Crippen molar-refractivity contribution in [1.29, 1.82) is 0 Å². The third kappa shape index (κ3) is 41.4. The number of nitrogens with zero attached hydrogens (tertiary/aromatic N) is 4. The topological polar surface area (TPSA) is 201 Å². The molecule has 12 aromatic rings. The zero-order chi connectivity index (χ0) is 97.1. The van der Waals surface area contributed by atoms with Gasteiger partial charge < -0.3 is 20.4 Å². The molecule has 8 aromatic carbocycles. The first-order valence-corrected chi connectivity index (χ1v) is 46.6. The quantitative estimate of drug-likeness (QED) is 0.0254. The van der Waals surface area contributed by atoms with Gasteiger partial charge >= 0.3 is 0 Å². The molecule has 0 saturated heterocycles. The van der Waals surface area contributed by atoms with Crippen LogP contribution in [0.1, 0.15) is 281 Å². The molecule has 4 aromatic heterocycles. The van der Waals surface area contributed by atoms with Gasteiger partial charge in [0.2, 0.25) is 0 Å². The molecule has 12 rings (SSSR count). The van der Waals surface area contributed by atoms with Gasteiger partial charge in [0.1, 0.15) is 0 Å². The van der Waals surface area contributed by atoms with Crippen LogP contribution >= 0.6 is 0 Å². The van der Waals surface area contributed by atoms with Crippen LogP contribution in [0.4, 0.5) is 0 Å². The van der Waals surface area contributed by atoms with Crippen LogP contribution in [-0.4, -0.2) is 63.5 Å². The molecule has 728 valence electrons. The van der Waals surface area contributed by atoms with Crippen LogP contribution in [0.15, 0.2) is 217 Å². The summed E-state index contributed by atoms with van der Waals surface area (Å²) in [7, 11) is 0. The first-order chi connectivity index (χ1) is 61.2. The van der Waals surface area contributed by atoms with E-state index in [1.807, 2.05) is 83.1 Å². The van der Waals surface area contributed by atoms with Crippen molar-refractivity contribution < 1.29 is 120 Å². The molecular weight excluding hydrogens is 2370 g/mol. The van der Waals surface area contributed by atoms with E-state index >= 15 is 0 Å². The number of ketones is 4. The van der Waals surface area contributed by atoms with Gasteiger partial charge in [-0.25, -0.2) is 0 Å². The van der Waals surface area contributed by atoms with Crippen molar-refractivity contribution in [3.8, 4) is 45.0 Å². The van der Waals surface area contributed by atoms with Crippen LogP contribution in [0.5, 0.6) is 0 Å². The number of pyridine rings is 4. The van der Waals surface area contributed by atoms with E-state index in [0.29, 0.717) is 48.3 Å². The van der Waals surface area contributed by atoms with Crippen LogP contribution in [0.25, 0.3) is 88.6 Å². The van der Waals surface area contributed by atoms with E-state index in [1.54, 1.807) is 0 Å². The molecule has 0 bridgehead atoms. The van der Waals surface area contributed by atoms with E-state index in [9.17, 15) is 34.5 Å². The van der Waals surface area contributed by atoms with Gasteiger partial charge in [-0.3, -0.25) is 39.1 Å². The fourth-order valence-corrected chi connectivity index (χ4v) is 15.0. The standard InChI is InChI=1S/4C20H20N.C13H24O2.C11H20O2.C9H16O2.C5H8O2.4Ir/c1-13(2)17-6-5-16-7-8-19(21-20(16)12-17)18-10-14(3)9-15(4)11-18;3*1-13(2)17-6-5-7-20-18(17)8-9-19(21-20)16-11-14(3)10-15(4)12-16;1-5-10(6-2)12(14)9-13(15)11(7-3)8-4;1-8(2)5-10(12)7-11(13)6-9(3)4;1-6(2)8(10)5-9(11)7(3)4;1-4(6)3-5(2)7;;;;/h5-10,12-13H,1-4H3;3*5-11,13H,1-4H3;9-11,14H,5-8H2,1-4H3;7-9,12H,5-6H2,1-4H3;5-7,10H,1-4H3;3,6H,1-2H3;;;;/q4*-1;;;;;;;;. The second-order valence-electron chi connectivity index (χ2n) is 37.1. The predicted molar refractivity (Wildman–Crippen MR) is 549 cm³/mol. The number of hydrogen-bond acceptors (Lipinski definition) is 12. The smallest absolute Gasteiger partial charge is 0.162 e. The van der Waals surface area contributed by atoms with E-state index in [0.717, 1.165) is 115 Å². The molecule has 4 heterocycles. The molecule has 0 aliphatic carbocycles. The maximum atomic E-state index is 11.7. The van der Waals surface area contributed by atoms with Crippen molar-refractivity contribution in [2.75, 3.05) is 0 Å². The van der Waals surface area contributed by atoms with Crippen LogP contribution in [0.3, 0.4) is 0 Å². The maximum Gasteiger partial charge on any atom is 0.162 e. The van der Waals surface area contributed by atoms with Crippen molar-refractivity contribution in [3.05, 3.63) is 308 Å². The summed E-state index contributed by atoms with van der Waals surface area (Å²) in [5, 5.41) is 41.6. The largest absolute Gasteiger partial charge is 0.512 e. The number of fused-ring (bicyclic) bond motifs is 4. The van der Waals surface area contributed by atoms with Gasteiger partial charge in [0.05, 0.1) is 45.1 Å². The molecule has 0 fully saturated rings. The summed E-state index contributed by atoms with van der Waals surface area (Å²) in [6, 6.07) is 73.6. The first kappa shape index (κ1) is 123. The Bertz CT molecular complexity index is 5380. The number of aliphatic hydroxyl groups excluding tert-OH is 4. The van der Waals surface area contributed by atoms with Gasteiger partial charge in [0.25, 0.3) is 0 Å². The minimum absolute atomic E-state index is 0. The Morgan fingerprint density at radius 2 is 0.657 bits per heavy atom. The summed E-state index contributed by atoms with van der Waals surface area (Å²) in [5.74, 6) is 3.67. The number of allylic oxidation sites excluding steroid dienone is 8. The molecule has 0 atom stereocenters. The Hall–Kier alpha value is -9.16. The number of carbonyl (C=O) groups excluding carboxylic acids is 4. The predicted octanol–water partition coefficient (Wildman–Crippen LogP) is 32.1. The van der Waals surface area contributed by atoms with Crippen LogP contribution < -0.4 is 0 Å². The summed E-state index contributed by atoms with van der Waals surface area (Å²) < 4.78 is 0. The molecule has 134 heavy (non-hydrogen) atoms. The number of carbonyl (C=O) groups is 4. The minimum Gasteiger partial charge on any atom is -0.512 e. The van der Waals surface area contributed by atoms with Gasteiger partial charge in [-0.2, -0.15) is 0 Å². The summed E-state index contributed by atoms with van der Waals surface area (Å²) >= 11 is 0. The number of aliphatic hydroxyl groups is 4. The van der Waals surface area contributed by atoms with E-state index in [1.165, 1.54) is 104 Å². The van der Waals surface area contributed by atoms with Crippen LogP contribution in [0.2, 0.25) is 0 Å². The maximum absolute atomic E-state index is 11.7. The molecular formula is C118H148Ir4N4O8-4. The van der Waals surface area contributed by atoms with Crippen LogP contribution in [0, 0.1) is 115 Å². The second-order valence-corrected chi connectivity index (χ2v) is 37.1. The van der Waals surface area contributed by atoms with Gasteiger partial charge in [0, 0.05) is 157 Å². The van der Waals surface area contributed by atoms with Crippen LogP contribution in [-0.2, 0) is 99.6 Å². The normalized spacial score (nSPS) is 11.3. The zero-order valence-electron chi connectivity index (χ0n) is 85.0. The van der Waals surface area contributed by atoms with Crippen molar-refractivity contribution in [2.45, 2.75) is 270 Å². The zero-order valence-corrected chi connectivity index (χ0v) is 94.6. The SMILES string of the molecule is CC(=O)C=C(C)O.CC(C)C(=O)C=C(O)C(C)C.CC(C)CC(=O)C=C(O)CC(C)C.CCC(CC)C(=O)C=C(O)C(CC)CC.Cc1[c-]c(-c2ccc3c(C(C)C)cccc3n2)cc(C)c1.Cc1[c-]c(-c2ccc3c(C(C)C)cccc3n2)cc(C)c1.Cc1[c-]c(-c2ccc3c(C(C)C)cccc3n2)cc(C)c1.Cc1[c-]c(-c2ccc3ccc(C(C)C)cc3n2)cc(C)c1.[Ir].[Ir].[Ir].[Ir]. The summed E-state index contributed by atoms with van der Waals surface area (Å²) in [5.41, 5.74) is 27.5. The minimum atomic E-state index is -0.125. The van der Waals surface area contributed by atoms with Gasteiger partial charge in [0.15, 0.2) is 23.1 Å². The molecule has 12 nitrogen and oxygen atoms in total. The Balaban J connectivity index is 0.000000777. The van der Waals surface area contributed by atoms with Crippen molar-refractivity contribution in [2.24, 2.45) is 35.5 Å².